The molecule has 1 atom stereocenters. The zero-order valence-corrected chi connectivity index (χ0v) is 11.5. The number of benzene rings is 1. The second kappa shape index (κ2) is 4.96. The van der Waals surface area contributed by atoms with Gasteiger partial charge < -0.3 is 10.8 Å². The molecular weight excluding hydrogens is 276 g/mol. The zero-order chi connectivity index (χ0) is 14.3. The maximum atomic E-state index is 11.5. The summed E-state index contributed by atoms with van der Waals surface area (Å²) < 4.78 is 0. The molecule has 0 spiro atoms. The summed E-state index contributed by atoms with van der Waals surface area (Å²) >= 11 is 1.48. The number of nitrogens with two attached hydrogens (primary N) is 1. The lowest BCUT2D eigenvalue weighted by Crippen LogP contribution is -2.48. The molecule has 0 aromatic heterocycles. The summed E-state index contributed by atoms with van der Waals surface area (Å²) in [7, 11) is 0. The van der Waals surface area contributed by atoms with E-state index < -0.39 is 5.97 Å². The topological polar surface area (TPSA) is 83.6 Å². The Bertz CT molecular complexity index is 609. The van der Waals surface area contributed by atoms with E-state index in [-0.39, 0.29) is 17.0 Å². The molecule has 1 amide bonds. The first-order valence-electron chi connectivity index (χ1n) is 6.33. The van der Waals surface area contributed by atoms with Crippen LogP contribution in [0, 0.1) is 0 Å². The van der Waals surface area contributed by atoms with E-state index in [4.69, 9.17) is 5.73 Å². The van der Waals surface area contributed by atoms with Crippen molar-refractivity contribution in [3.8, 4) is 0 Å². The van der Waals surface area contributed by atoms with Crippen LogP contribution in [0.2, 0.25) is 0 Å². The van der Waals surface area contributed by atoms with E-state index in [1.807, 2.05) is 24.3 Å². The zero-order valence-electron chi connectivity index (χ0n) is 10.7. The van der Waals surface area contributed by atoms with Gasteiger partial charge >= 0.3 is 5.97 Å². The molecular formula is C14H14N2O3S. The Morgan fingerprint density at radius 2 is 2.00 bits per heavy atom. The molecule has 1 fully saturated rings. The third-order valence-electron chi connectivity index (χ3n) is 3.52. The summed E-state index contributed by atoms with van der Waals surface area (Å²) in [4.78, 5) is 25.0. The Kier molecular flexibility index (Phi) is 3.27. The van der Waals surface area contributed by atoms with Crippen molar-refractivity contribution in [1.29, 1.82) is 0 Å². The summed E-state index contributed by atoms with van der Waals surface area (Å²) in [5.41, 5.74) is 7.77. The van der Waals surface area contributed by atoms with Crippen molar-refractivity contribution in [3.05, 3.63) is 46.0 Å². The van der Waals surface area contributed by atoms with Crippen LogP contribution in [0.3, 0.4) is 0 Å². The highest BCUT2D eigenvalue weighted by Crippen LogP contribution is 2.47. The molecule has 0 unspecified atom stereocenters. The van der Waals surface area contributed by atoms with Gasteiger partial charge in [0.15, 0.2) is 0 Å². The first-order chi connectivity index (χ1) is 9.60. The van der Waals surface area contributed by atoms with Crippen LogP contribution in [-0.4, -0.2) is 27.3 Å². The summed E-state index contributed by atoms with van der Waals surface area (Å²) in [6.45, 7) is 0.489. The number of aliphatic carboxylic acids is 1. The van der Waals surface area contributed by atoms with Crippen LogP contribution in [-0.2, 0) is 22.6 Å². The van der Waals surface area contributed by atoms with Crippen LogP contribution in [0.1, 0.15) is 17.5 Å². The molecule has 1 aromatic carbocycles. The molecule has 5 nitrogen and oxygen atoms in total. The SMILES string of the molecule is NCc1ccc(CC2=C(C(=O)O)N3C(=O)C[C@@H]3S2)cc1. The van der Waals surface area contributed by atoms with Crippen LogP contribution in [0.4, 0.5) is 0 Å². The van der Waals surface area contributed by atoms with Crippen molar-refractivity contribution in [2.24, 2.45) is 5.73 Å². The highest BCUT2D eigenvalue weighted by Gasteiger charge is 2.48. The first kappa shape index (κ1) is 13.2. The number of nitrogens with zero attached hydrogens (tertiary/aromatic N) is 1. The number of carbonyl (C=O) groups is 2. The van der Waals surface area contributed by atoms with Crippen LogP contribution in [0.25, 0.3) is 0 Å². The fraction of sp³-hybridized carbons (Fsp3) is 0.286. The molecule has 0 bridgehead atoms. The van der Waals surface area contributed by atoms with E-state index >= 15 is 0 Å². The fourth-order valence-electron chi connectivity index (χ4n) is 2.43. The minimum Gasteiger partial charge on any atom is -0.477 e. The van der Waals surface area contributed by atoms with Gasteiger partial charge in [-0.25, -0.2) is 4.79 Å². The average Bonchev–Trinajstić information content (AvgIpc) is 2.72. The summed E-state index contributed by atoms with van der Waals surface area (Å²) in [5.74, 6) is -1.13. The molecule has 0 saturated carbocycles. The summed E-state index contributed by atoms with van der Waals surface area (Å²) in [6, 6.07) is 7.78. The molecule has 6 heteroatoms. The highest BCUT2D eigenvalue weighted by atomic mass is 32.2. The van der Waals surface area contributed by atoms with Gasteiger partial charge in [-0.15, -0.1) is 11.8 Å². The molecule has 0 aliphatic carbocycles. The number of thioether (sulfide) groups is 1. The summed E-state index contributed by atoms with van der Waals surface area (Å²) in [5, 5.41) is 9.28. The monoisotopic (exact) mass is 290 g/mol. The molecule has 3 rings (SSSR count). The normalized spacial score (nSPS) is 20.9. The maximum absolute atomic E-state index is 11.5. The lowest BCUT2D eigenvalue weighted by atomic mass is 10.1. The fourth-order valence-corrected chi connectivity index (χ4v) is 3.86. The van der Waals surface area contributed by atoms with Crippen molar-refractivity contribution in [3.63, 3.8) is 0 Å². The quantitative estimate of drug-likeness (QED) is 0.816. The smallest absolute Gasteiger partial charge is 0.353 e. The van der Waals surface area contributed by atoms with Gasteiger partial charge in [0, 0.05) is 17.9 Å². The van der Waals surface area contributed by atoms with Gasteiger partial charge in [-0.2, -0.15) is 0 Å². The molecule has 20 heavy (non-hydrogen) atoms. The third kappa shape index (κ3) is 2.10. The van der Waals surface area contributed by atoms with Crippen LogP contribution in [0.5, 0.6) is 0 Å². The molecule has 1 aromatic rings. The molecule has 1 saturated heterocycles. The van der Waals surface area contributed by atoms with Gasteiger partial charge in [-0.1, -0.05) is 24.3 Å². The molecule has 3 N–H and O–H groups in total. The van der Waals surface area contributed by atoms with Crippen LogP contribution in [0.15, 0.2) is 34.9 Å². The molecule has 0 radical (unpaired) electrons. The van der Waals surface area contributed by atoms with Gasteiger partial charge in [0.25, 0.3) is 0 Å². The van der Waals surface area contributed by atoms with E-state index in [2.05, 4.69) is 0 Å². The van der Waals surface area contributed by atoms with Crippen molar-refractivity contribution in [1.82, 2.24) is 4.90 Å². The standard InChI is InChI=1S/C14H14N2O3S/c15-7-9-3-1-8(2-4-9)5-10-13(14(18)19)16-11(17)6-12(16)20-10/h1-4,12H,5-7,15H2,(H,18,19)/t12-/m0/s1. The van der Waals surface area contributed by atoms with Crippen molar-refractivity contribution in [2.45, 2.75) is 24.8 Å². The number of carboxylic acid groups (broad SMARTS) is 1. The predicted molar refractivity (Wildman–Crippen MR) is 75.5 cm³/mol. The Hall–Kier alpha value is -1.79. The van der Waals surface area contributed by atoms with Gasteiger partial charge in [0.1, 0.15) is 5.70 Å². The van der Waals surface area contributed by atoms with Gasteiger partial charge in [-0.3, -0.25) is 9.69 Å². The van der Waals surface area contributed by atoms with Gasteiger partial charge in [0.2, 0.25) is 5.91 Å². The van der Waals surface area contributed by atoms with E-state index in [0.717, 1.165) is 16.0 Å². The molecule has 104 valence electrons. The number of carbonyl (C=O) groups excluding carboxylic acids is 1. The minimum atomic E-state index is -1.03. The number of hydrogen-bond acceptors (Lipinski definition) is 4. The predicted octanol–water partition coefficient (Wildman–Crippen LogP) is 1.29. The average molecular weight is 290 g/mol. The van der Waals surface area contributed by atoms with Crippen LogP contribution >= 0.6 is 11.8 Å². The highest BCUT2D eigenvalue weighted by molar-refractivity contribution is 8.04. The second-order valence-corrected chi connectivity index (χ2v) is 6.09. The second-order valence-electron chi connectivity index (χ2n) is 4.81. The van der Waals surface area contributed by atoms with Crippen molar-refractivity contribution < 1.29 is 14.7 Å². The van der Waals surface area contributed by atoms with Crippen molar-refractivity contribution in [2.75, 3.05) is 0 Å². The number of fused-ring (bicyclic) bond motifs is 1. The number of rotatable bonds is 4. The molecule has 2 aliphatic rings. The number of carboxylic acids is 1. The minimum absolute atomic E-state index is 0.0214. The lowest BCUT2D eigenvalue weighted by Gasteiger charge is -2.33. The van der Waals surface area contributed by atoms with Crippen molar-refractivity contribution >= 4 is 23.6 Å². The number of β-lactam (4-membered cyclic amide) rings is 1. The Morgan fingerprint density at radius 1 is 1.35 bits per heavy atom. The third-order valence-corrected chi connectivity index (χ3v) is 4.79. The number of hydrogen-bond donors (Lipinski definition) is 2. The number of allylic oxidation sites excluding steroid dienone is 1. The Morgan fingerprint density at radius 3 is 2.55 bits per heavy atom. The largest absolute Gasteiger partial charge is 0.477 e. The number of amides is 1. The molecule has 2 aliphatic heterocycles. The molecule has 2 heterocycles. The van der Waals surface area contributed by atoms with E-state index in [1.165, 1.54) is 16.7 Å². The van der Waals surface area contributed by atoms with E-state index in [0.29, 0.717) is 19.4 Å². The Labute approximate surface area is 120 Å². The van der Waals surface area contributed by atoms with Gasteiger partial charge in [-0.05, 0) is 11.1 Å². The van der Waals surface area contributed by atoms with Crippen LogP contribution < -0.4 is 5.73 Å². The van der Waals surface area contributed by atoms with E-state index in [9.17, 15) is 14.7 Å². The lowest BCUT2D eigenvalue weighted by molar-refractivity contribution is -0.145. The van der Waals surface area contributed by atoms with E-state index in [1.54, 1.807) is 0 Å². The van der Waals surface area contributed by atoms with Gasteiger partial charge in [0.05, 0.1) is 11.8 Å². The first-order valence-corrected chi connectivity index (χ1v) is 7.21. The maximum Gasteiger partial charge on any atom is 0.353 e. The summed E-state index contributed by atoms with van der Waals surface area (Å²) in [6.07, 6.45) is 0.967. The Balaban J connectivity index is 1.85.